The average molecular weight is 128 g/mol. The van der Waals surface area contributed by atoms with E-state index in [2.05, 4.69) is 24.4 Å². The summed E-state index contributed by atoms with van der Waals surface area (Å²) in [6.07, 6.45) is 3.51. The molecule has 0 fully saturated rings. The highest BCUT2D eigenvalue weighted by Gasteiger charge is 1.87. The molecule has 0 amide bonds. The molecule has 0 saturated carbocycles. The van der Waals surface area contributed by atoms with Gasteiger partial charge in [-0.05, 0) is 12.8 Å². The molecule has 0 heterocycles. The number of rotatable bonds is 5. The van der Waals surface area contributed by atoms with Crippen molar-refractivity contribution in [3.05, 3.63) is 12.3 Å². The van der Waals surface area contributed by atoms with Crippen LogP contribution in [0.25, 0.3) is 0 Å². The molecule has 2 nitrogen and oxygen atoms in total. The SMILES string of the molecule is C=C(CCCC)NNC. The third-order valence-corrected chi connectivity index (χ3v) is 1.13. The lowest BCUT2D eigenvalue weighted by Gasteiger charge is -2.05. The summed E-state index contributed by atoms with van der Waals surface area (Å²) in [7, 11) is 1.84. The number of hydrogen-bond acceptors (Lipinski definition) is 2. The molecule has 9 heavy (non-hydrogen) atoms. The molecular formula is C7H16N2. The minimum atomic E-state index is 1.07. The lowest BCUT2D eigenvalue weighted by atomic mass is 10.2. The maximum atomic E-state index is 3.81. The van der Waals surface area contributed by atoms with Gasteiger partial charge in [0.15, 0.2) is 0 Å². The van der Waals surface area contributed by atoms with Gasteiger partial charge in [0.2, 0.25) is 0 Å². The van der Waals surface area contributed by atoms with Gasteiger partial charge in [-0.3, -0.25) is 0 Å². The Kier molecular flexibility index (Phi) is 5.32. The van der Waals surface area contributed by atoms with Crippen LogP contribution in [0, 0.1) is 0 Å². The van der Waals surface area contributed by atoms with E-state index in [1.165, 1.54) is 12.8 Å². The van der Waals surface area contributed by atoms with Gasteiger partial charge < -0.3 is 5.43 Å². The van der Waals surface area contributed by atoms with Crippen LogP contribution in [-0.2, 0) is 0 Å². The van der Waals surface area contributed by atoms with E-state index < -0.39 is 0 Å². The fraction of sp³-hybridized carbons (Fsp3) is 0.714. The van der Waals surface area contributed by atoms with Gasteiger partial charge in [0, 0.05) is 12.7 Å². The van der Waals surface area contributed by atoms with Gasteiger partial charge in [0.25, 0.3) is 0 Å². The summed E-state index contributed by atoms with van der Waals surface area (Å²) in [6, 6.07) is 0. The number of unbranched alkanes of at least 4 members (excludes halogenated alkanes) is 1. The van der Waals surface area contributed by atoms with Gasteiger partial charge in [-0.1, -0.05) is 19.9 Å². The van der Waals surface area contributed by atoms with Crippen LogP contribution >= 0.6 is 0 Å². The standard InChI is InChI=1S/C7H16N2/c1-4-5-6-7(2)9-8-3/h8-9H,2,4-6H2,1,3H3. The summed E-state index contributed by atoms with van der Waals surface area (Å²) in [5.74, 6) is 0. The smallest absolute Gasteiger partial charge is 0.0189 e. The lowest BCUT2D eigenvalue weighted by molar-refractivity contribution is 0.637. The molecule has 2 heteroatoms. The van der Waals surface area contributed by atoms with E-state index in [-0.39, 0.29) is 0 Å². The van der Waals surface area contributed by atoms with Gasteiger partial charge in [0.1, 0.15) is 0 Å². The van der Waals surface area contributed by atoms with E-state index >= 15 is 0 Å². The largest absolute Gasteiger partial charge is 0.326 e. The van der Waals surface area contributed by atoms with Crippen molar-refractivity contribution in [2.24, 2.45) is 0 Å². The van der Waals surface area contributed by atoms with Crippen LogP contribution in [0.15, 0.2) is 12.3 Å². The molecule has 54 valence electrons. The van der Waals surface area contributed by atoms with Crippen LogP contribution in [-0.4, -0.2) is 7.05 Å². The summed E-state index contributed by atoms with van der Waals surface area (Å²) in [5.41, 5.74) is 6.83. The van der Waals surface area contributed by atoms with Crippen molar-refractivity contribution in [3.63, 3.8) is 0 Å². The molecule has 0 atom stereocenters. The normalized spacial score (nSPS) is 9.11. The van der Waals surface area contributed by atoms with E-state index in [4.69, 9.17) is 0 Å². The van der Waals surface area contributed by atoms with Crippen molar-refractivity contribution in [3.8, 4) is 0 Å². The van der Waals surface area contributed by atoms with E-state index in [1.807, 2.05) is 7.05 Å². The van der Waals surface area contributed by atoms with Gasteiger partial charge in [0.05, 0.1) is 0 Å². The summed E-state index contributed by atoms with van der Waals surface area (Å²) >= 11 is 0. The highest BCUT2D eigenvalue weighted by molar-refractivity contribution is 4.87. The molecule has 0 aliphatic rings. The van der Waals surface area contributed by atoms with Crippen LogP contribution in [0.1, 0.15) is 26.2 Å². The molecule has 0 spiro atoms. The Labute approximate surface area is 57.3 Å². The Balaban J connectivity index is 3.06. The molecule has 0 aromatic rings. The van der Waals surface area contributed by atoms with E-state index in [9.17, 15) is 0 Å². The Morgan fingerprint density at radius 3 is 2.67 bits per heavy atom. The molecular weight excluding hydrogens is 112 g/mol. The number of hydrazine groups is 1. The molecule has 2 N–H and O–H groups in total. The second kappa shape index (κ2) is 5.63. The summed E-state index contributed by atoms with van der Waals surface area (Å²) in [4.78, 5) is 0. The lowest BCUT2D eigenvalue weighted by Crippen LogP contribution is -2.25. The van der Waals surface area contributed by atoms with Crippen molar-refractivity contribution in [1.82, 2.24) is 10.9 Å². The molecule has 0 radical (unpaired) electrons. The zero-order valence-electron chi connectivity index (χ0n) is 6.33. The van der Waals surface area contributed by atoms with Crippen LogP contribution < -0.4 is 10.9 Å². The topological polar surface area (TPSA) is 24.1 Å². The molecule has 0 bridgehead atoms. The second-order valence-corrected chi connectivity index (χ2v) is 2.08. The Hall–Kier alpha value is -0.500. The molecule has 0 aliphatic carbocycles. The number of hydrogen-bond donors (Lipinski definition) is 2. The first kappa shape index (κ1) is 8.50. The van der Waals surface area contributed by atoms with Gasteiger partial charge in [-0.15, -0.1) is 0 Å². The zero-order valence-corrected chi connectivity index (χ0v) is 6.33. The van der Waals surface area contributed by atoms with Crippen molar-refractivity contribution in [2.75, 3.05) is 7.05 Å². The third kappa shape index (κ3) is 5.37. The van der Waals surface area contributed by atoms with Crippen LogP contribution in [0.5, 0.6) is 0 Å². The first-order valence-electron chi connectivity index (χ1n) is 3.41. The van der Waals surface area contributed by atoms with Crippen LogP contribution in [0.2, 0.25) is 0 Å². The second-order valence-electron chi connectivity index (χ2n) is 2.08. The monoisotopic (exact) mass is 128 g/mol. The average Bonchev–Trinajstić information content (AvgIpc) is 1.85. The number of allylic oxidation sites excluding steroid dienone is 1. The first-order chi connectivity index (χ1) is 4.31. The van der Waals surface area contributed by atoms with Gasteiger partial charge >= 0.3 is 0 Å². The Morgan fingerprint density at radius 2 is 2.22 bits per heavy atom. The van der Waals surface area contributed by atoms with E-state index in [0.29, 0.717) is 0 Å². The van der Waals surface area contributed by atoms with Crippen molar-refractivity contribution >= 4 is 0 Å². The van der Waals surface area contributed by atoms with E-state index in [1.54, 1.807) is 0 Å². The van der Waals surface area contributed by atoms with Crippen LogP contribution in [0.3, 0.4) is 0 Å². The first-order valence-corrected chi connectivity index (χ1v) is 3.41. The predicted molar refractivity (Wildman–Crippen MR) is 40.9 cm³/mol. The fourth-order valence-electron chi connectivity index (χ4n) is 0.629. The quantitative estimate of drug-likeness (QED) is 0.547. The molecule has 0 saturated heterocycles. The van der Waals surface area contributed by atoms with Crippen molar-refractivity contribution < 1.29 is 0 Å². The maximum Gasteiger partial charge on any atom is 0.0189 e. The molecule has 0 rings (SSSR count). The third-order valence-electron chi connectivity index (χ3n) is 1.13. The Bertz CT molecular complexity index is 79.0. The van der Waals surface area contributed by atoms with E-state index in [0.717, 1.165) is 12.1 Å². The van der Waals surface area contributed by atoms with Crippen molar-refractivity contribution in [2.45, 2.75) is 26.2 Å². The van der Waals surface area contributed by atoms with Gasteiger partial charge in [-0.25, -0.2) is 5.43 Å². The van der Waals surface area contributed by atoms with Crippen LogP contribution in [0.4, 0.5) is 0 Å². The molecule has 0 unspecified atom stereocenters. The minimum Gasteiger partial charge on any atom is -0.326 e. The minimum absolute atomic E-state index is 1.07. The molecule has 0 aromatic heterocycles. The highest BCUT2D eigenvalue weighted by atomic mass is 15.3. The zero-order chi connectivity index (χ0) is 7.11. The summed E-state index contributed by atoms with van der Waals surface area (Å²) in [5, 5.41) is 0. The maximum absolute atomic E-state index is 3.81. The summed E-state index contributed by atoms with van der Waals surface area (Å²) < 4.78 is 0. The Morgan fingerprint density at radius 1 is 1.56 bits per heavy atom. The summed E-state index contributed by atoms with van der Waals surface area (Å²) in [6.45, 7) is 5.98. The number of nitrogens with one attached hydrogen (secondary N) is 2. The van der Waals surface area contributed by atoms with Crippen molar-refractivity contribution in [1.29, 1.82) is 0 Å². The fourth-order valence-corrected chi connectivity index (χ4v) is 0.629. The molecule has 0 aliphatic heterocycles. The highest BCUT2D eigenvalue weighted by Crippen LogP contribution is 1.99. The van der Waals surface area contributed by atoms with Gasteiger partial charge in [-0.2, -0.15) is 0 Å². The predicted octanol–water partition coefficient (Wildman–Crippen LogP) is 1.41. The molecule has 0 aromatic carbocycles.